The van der Waals surface area contributed by atoms with E-state index in [9.17, 15) is 0 Å². The van der Waals surface area contributed by atoms with Crippen molar-refractivity contribution < 1.29 is 30.3 Å². The number of carbonyl (C=O) groups is 1. The molecule has 0 amide bonds. The molecular weight excluding hydrogens is 311 g/mol. The SMILES string of the molecule is CC(=O)[O-].[Pd].[c-]1ccccn1.[c-]1ccccn1. The molecule has 0 atom stereocenters. The molecule has 0 N–H and O–H groups in total. The summed E-state index contributed by atoms with van der Waals surface area (Å²) in [6.07, 6.45) is 8.67. The van der Waals surface area contributed by atoms with Gasteiger partial charge in [-0.15, -0.1) is 0 Å². The number of aromatic nitrogens is 2. The summed E-state index contributed by atoms with van der Waals surface area (Å²) in [7, 11) is 0. The smallest absolute Gasteiger partial charge is 0.0383 e. The topological polar surface area (TPSA) is 65.9 Å². The van der Waals surface area contributed by atoms with E-state index >= 15 is 0 Å². The van der Waals surface area contributed by atoms with Gasteiger partial charge in [-0.1, -0.05) is 24.8 Å². The van der Waals surface area contributed by atoms with E-state index in [0.717, 1.165) is 6.92 Å². The van der Waals surface area contributed by atoms with Gasteiger partial charge in [0.15, 0.2) is 0 Å². The Morgan fingerprint density at radius 1 is 1.00 bits per heavy atom. The van der Waals surface area contributed by atoms with E-state index in [2.05, 4.69) is 22.4 Å². The number of hydrogen-bond donors (Lipinski definition) is 0. The second-order valence-electron chi connectivity index (χ2n) is 2.41. The van der Waals surface area contributed by atoms with Crippen LogP contribution in [0.2, 0.25) is 0 Å². The molecule has 0 aliphatic heterocycles. The first kappa shape index (κ1) is 17.8. The van der Waals surface area contributed by atoms with Crippen LogP contribution < -0.4 is 5.11 Å². The standard InChI is InChI=1S/2C5H4N.C2H4O2.Pd/c2*1-2-4-6-5-3-1;1-2(3)4;/h2*1-4H;1H3,(H,3,4);/q2*-1;;/p-1. The van der Waals surface area contributed by atoms with Crippen molar-refractivity contribution in [1.82, 2.24) is 9.97 Å². The van der Waals surface area contributed by atoms with Crippen molar-refractivity contribution in [1.29, 1.82) is 0 Å². The Labute approximate surface area is 114 Å². The van der Waals surface area contributed by atoms with Crippen molar-refractivity contribution in [3.05, 3.63) is 61.2 Å². The van der Waals surface area contributed by atoms with Gasteiger partial charge in [0.05, 0.1) is 0 Å². The van der Waals surface area contributed by atoms with Gasteiger partial charge in [0.2, 0.25) is 0 Å². The van der Waals surface area contributed by atoms with Crippen LogP contribution in [-0.4, -0.2) is 15.9 Å². The van der Waals surface area contributed by atoms with E-state index in [1.165, 1.54) is 0 Å². The molecule has 0 aliphatic carbocycles. The molecule has 0 spiro atoms. The molecule has 94 valence electrons. The van der Waals surface area contributed by atoms with Crippen molar-refractivity contribution in [2.75, 3.05) is 0 Å². The Kier molecular flexibility index (Phi) is 15.1. The zero-order chi connectivity index (χ0) is 12.1. The fourth-order valence-corrected chi connectivity index (χ4v) is 0.555. The average molecular weight is 322 g/mol. The van der Waals surface area contributed by atoms with Crippen LogP contribution in [0, 0.1) is 12.4 Å². The molecule has 0 aliphatic rings. The van der Waals surface area contributed by atoms with Gasteiger partial charge in [-0.3, -0.25) is 0 Å². The van der Waals surface area contributed by atoms with Crippen LogP contribution in [-0.2, 0) is 25.2 Å². The Hall–Kier alpha value is -1.57. The fraction of sp³-hybridized carbons (Fsp3) is 0.0833. The normalized spacial score (nSPS) is 7.12. The van der Waals surface area contributed by atoms with Crippen LogP contribution in [0.4, 0.5) is 0 Å². The molecule has 2 rings (SSSR count). The van der Waals surface area contributed by atoms with Gasteiger partial charge in [0, 0.05) is 26.4 Å². The molecule has 2 aromatic rings. The average Bonchev–Trinajstić information content (AvgIpc) is 2.34. The molecule has 2 heterocycles. The summed E-state index contributed by atoms with van der Waals surface area (Å²) in [4.78, 5) is 16.2. The van der Waals surface area contributed by atoms with Crippen molar-refractivity contribution in [3.63, 3.8) is 0 Å². The zero-order valence-electron chi connectivity index (χ0n) is 9.15. The van der Waals surface area contributed by atoms with Gasteiger partial charge in [-0.25, -0.2) is 0 Å². The van der Waals surface area contributed by atoms with Gasteiger partial charge < -0.3 is 19.9 Å². The maximum Gasteiger partial charge on any atom is 0.0383 e. The maximum atomic E-state index is 8.89. The Bertz CT molecular complexity index is 268. The first-order valence-electron chi connectivity index (χ1n) is 4.45. The van der Waals surface area contributed by atoms with Gasteiger partial charge in [-0.2, -0.15) is 36.4 Å². The predicted molar refractivity (Wildman–Crippen MR) is 56.8 cm³/mol. The number of aliphatic carboxylic acids is 1. The Morgan fingerprint density at radius 3 is 1.41 bits per heavy atom. The molecule has 0 radical (unpaired) electrons. The van der Waals surface area contributed by atoms with E-state index < -0.39 is 5.97 Å². The van der Waals surface area contributed by atoms with Crippen LogP contribution in [0.15, 0.2) is 48.8 Å². The molecule has 0 bridgehead atoms. The van der Waals surface area contributed by atoms with Gasteiger partial charge in [-0.05, 0) is 6.92 Å². The Balaban J connectivity index is 0. The number of pyridine rings is 2. The number of nitrogens with zero attached hydrogens (tertiary/aromatic N) is 2. The molecule has 0 saturated heterocycles. The summed E-state index contributed by atoms with van der Waals surface area (Å²) in [5, 5.41) is 8.89. The van der Waals surface area contributed by atoms with Gasteiger partial charge in [0.25, 0.3) is 0 Å². The number of carboxylic acids is 1. The molecule has 0 aromatic carbocycles. The van der Waals surface area contributed by atoms with Crippen molar-refractivity contribution in [3.8, 4) is 0 Å². The zero-order valence-corrected chi connectivity index (χ0v) is 10.7. The molecule has 2 aromatic heterocycles. The van der Waals surface area contributed by atoms with Crippen molar-refractivity contribution in [2.45, 2.75) is 6.92 Å². The monoisotopic (exact) mass is 321 g/mol. The summed E-state index contributed by atoms with van der Waals surface area (Å²) < 4.78 is 0. The van der Waals surface area contributed by atoms with E-state index in [1.54, 1.807) is 24.5 Å². The number of hydrogen-bond acceptors (Lipinski definition) is 4. The summed E-state index contributed by atoms with van der Waals surface area (Å²) >= 11 is 0. The largest absolute Gasteiger partial charge is 0.550 e. The minimum atomic E-state index is -1.08. The van der Waals surface area contributed by atoms with Crippen LogP contribution >= 0.6 is 0 Å². The van der Waals surface area contributed by atoms with Crippen molar-refractivity contribution in [2.24, 2.45) is 0 Å². The molecule has 0 fully saturated rings. The molecule has 4 nitrogen and oxygen atoms in total. The quantitative estimate of drug-likeness (QED) is 0.524. The fourth-order valence-electron chi connectivity index (χ4n) is 0.555. The third-order valence-electron chi connectivity index (χ3n) is 1.03. The Morgan fingerprint density at radius 2 is 1.35 bits per heavy atom. The number of rotatable bonds is 0. The second kappa shape index (κ2) is 14.4. The summed E-state index contributed by atoms with van der Waals surface area (Å²) in [5.41, 5.74) is 0. The van der Waals surface area contributed by atoms with E-state index in [0.29, 0.717) is 0 Å². The van der Waals surface area contributed by atoms with E-state index in [1.807, 2.05) is 24.3 Å². The molecule has 17 heavy (non-hydrogen) atoms. The summed E-state index contributed by atoms with van der Waals surface area (Å²) in [6, 6.07) is 11.0. The summed E-state index contributed by atoms with van der Waals surface area (Å²) in [5.74, 6) is -1.08. The van der Waals surface area contributed by atoms with Crippen LogP contribution in [0.3, 0.4) is 0 Å². The molecule has 5 heteroatoms. The molecule has 0 unspecified atom stereocenters. The maximum absolute atomic E-state index is 8.89. The van der Waals surface area contributed by atoms with Crippen molar-refractivity contribution >= 4 is 5.97 Å². The van der Waals surface area contributed by atoms with E-state index in [-0.39, 0.29) is 20.4 Å². The van der Waals surface area contributed by atoms with E-state index in [4.69, 9.17) is 9.90 Å². The third kappa shape index (κ3) is 20.5. The summed E-state index contributed by atoms with van der Waals surface area (Å²) in [6.45, 7) is 0.972. The first-order chi connectivity index (χ1) is 7.73. The minimum Gasteiger partial charge on any atom is -0.550 e. The van der Waals surface area contributed by atoms with Gasteiger partial charge in [0.1, 0.15) is 0 Å². The predicted octanol–water partition coefficient (Wildman–Crippen LogP) is 0.517. The third-order valence-corrected chi connectivity index (χ3v) is 1.03. The van der Waals surface area contributed by atoms with Gasteiger partial charge >= 0.3 is 0 Å². The molecular formula is C12H11N2O2Pd-3. The molecule has 0 saturated carbocycles. The van der Waals surface area contributed by atoms with Crippen LogP contribution in [0.25, 0.3) is 0 Å². The van der Waals surface area contributed by atoms with Crippen LogP contribution in [0.1, 0.15) is 6.92 Å². The minimum absolute atomic E-state index is 0. The number of carbonyl (C=O) groups excluding carboxylic acids is 1. The second-order valence-corrected chi connectivity index (χ2v) is 2.41. The first-order valence-corrected chi connectivity index (χ1v) is 4.45. The number of carboxylic acid groups (broad SMARTS) is 1. The van der Waals surface area contributed by atoms with Crippen LogP contribution in [0.5, 0.6) is 0 Å².